The van der Waals surface area contributed by atoms with Crippen LogP contribution >= 0.6 is 0 Å². The van der Waals surface area contributed by atoms with Crippen molar-refractivity contribution in [2.24, 2.45) is 9.98 Å². The Bertz CT molecular complexity index is 1030. The van der Waals surface area contributed by atoms with Crippen LogP contribution in [-0.2, 0) is 25.0 Å². The number of nitriles is 1. The van der Waals surface area contributed by atoms with E-state index < -0.39 is 15.3 Å². The molecule has 0 aliphatic carbocycles. The van der Waals surface area contributed by atoms with Crippen molar-refractivity contribution in [2.45, 2.75) is 6.92 Å². The molecule has 0 bridgehead atoms. The minimum Gasteiger partial charge on any atom is -0.870 e. The number of hydrogen-bond donors (Lipinski definition) is 0. The number of ether oxygens (including phenoxy) is 2. The molecule has 0 fully saturated rings. The first kappa shape index (κ1) is 50.7. The van der Waals surface area contributed by atoms with Crippen LogP contribution < -0.4 is 19.7 Å². The van der Waals surface area contributed by atoms with Crippen molar-refractivity contribution in [1.82, 2.24) is 0 Å². The molecule has 0 radical (unpaired) electrons. The molecule has 228 valence electrons. The maximum absolute atomic E-state index is 11.9. The topological polar surface area (TPSA) is 345 Å². The Morgan fingerprint density at radius 1 is 0.762 bits per heavy atom. The van der Waals surface area contributed by atoms with E-state index in [4.69, 9.17) is 60.7 Å². The van der Waals surface area contributed by atoms with Crippen molar-refractivity contribution in [3.63, 3.8) is 0 Å². The van der Waals surface area contributed by atoms with E-state index in [1.54, 1.807) is 42.5 Å². The first-order valence-electron chi connectivity index (χ1n) is 9.71. The molecule has 0 heterocycles. The molecular formula is C20H24N6O14TbZn+. The smallest absolute Gasteiger partial charge is 0.870 e. The second-order valence-electron chi connectivity index (χ2n) is 5.72. The molecule has 2 rings (SSSR count). The number of aliphatic imine (C=N–C) groups is 2. The number of methoxy groups -OCH3 is 2. The van der Waals surface area contributed by atoms with Gasteiger partial charge in [0.2, 0.25) is 0 Å². The van der Waals surface area contributed by atoms with E-state index in [1.165, 1.54) is 33.6 Å². The largest absolute Gasteiger partial charge is 3.00 e. The normalized spacial score (nSPS) is 8.33. The predicted octanol–water partition coefficient (Wildman–Crippen LogP) is 0.277. The number of nitrogens with zero attached hydrogens (tertiary/aromatic N) is 6. The summed E-state index contributed by atoms with van der Waals surface area (Å²) in [5.74, 6) is 0.190. The van der Waals surface area contributed by atoms with Gasteiger partial charge in [-0.25, -0.2) is 0 Å². The third-order valence-electron chi connectivity index (χ3n) is 3.28. The Balaban J connectivity index is -0.000000151. The molecule has 0 aliphatic rings. The zero-order chi connectivity index (χ0) is 30.8. The minimum absolute atomic E-state index is 0. The van der Waals surface area contributed by atoms with Gasteiger partial charge >= 0.3 is 58.1 Å². The van der Waals surface area contributed by atoms with E-state index in [1.807, 2.05) is 0 Å². The molecule has 0 saturated heterocycles. The van der Waals surface area contributed by atoms with Crippen LogP contribution in [0.5, 0.6) is 23.0 Å². The molecular weight excluding hydrogens is 773 g/mol. The second-order valence-corrected chi connectivity index (χ2v) is 5.72. The Morgan fingerprint density at radius 2 is 1.00 bits per heavy atom. The van der Waals surface area contributed by atoms with Gasteiger partial charge in [-0.05, 0) is 23.3 Å². The van der Waals surface area contributed by atoms with Crippen LogP contribution in [0.15, 0.2) is 46.4 Å². The van der Waals surface area contributed by atoms with Gasteiger partial charge in [-0.15, -0.1) is 0 Å². The molecule has 22 heteroatoms. The van der Waals surface area contributed by atoms with E-state index in [2.05, 4.69) is 9.98 Å². The van der Waals surface area contributed by atoms with Crippen molar-refractivity contribution in [3.8, 4) is 29.1 Å². The first-order valence-corrected chi connectivity index (χ1v) is 9.71. The van der Waals surface area contributed by atoms with Crippen LogP contribution in [0.2, 0.25) is 0 Å². The zero-order valence-corrected chi connectivity index (χ0v) is 27.2. The van der Waals surface area contributed by atoms with Gasteiger partial charge < -0.3 is 71.1 Å². The van der Waals surface area contributed by atoms with E-state index in [0.29, 0.717) is 24.2 Å². The Labute approximate surface area is 281 Å². The van der Waals surface area contributed by atoms with Gasteiger partial charge in [-0.2, -0.15) is 5.26 Å². The molecule has 0 aliphatic heterocycles. The predicted molar refractivity (Wildman–Crippen MR) is 137 cm³/mol. The van der Waals surface area contributed by atoms with Crippen LogP contribution in [-0.4, -0.2) is 55.0 Å². The zero-order valence-electron chi connectivity index (χ0n) is 22.1. The molecule has 0 atom stereocenters. The number of hydrogen-bond acceptors (Lipinski definition) is 16. The molecule has 0 saturated carbocycles. The van der Waals surface area contributed by atoms with Crippen LogP contribution in [0.4, 0.5) is 0 Å². The van der Waals surface area contributed by atoms with E-state index in [9.17, 15) is 10.2 Å². The summed E-state index contributed by atoms with van der Waals surface area (Å²) in [5, 5.41) is 75.4. The SMILES string of the molecule is CC#N.COc1cccc(C=NCCN=Cc2cccc(OC)c2[O-])c1[O-].O=[N+]([O-])[O-].O=[N+]([O-])[O-].O=[N+]([O-])[O-].[OH3+].[Tb+3].[Zn+2]. The maximum Gasteiger partial charge on any atom is 3.00 e. The Morgan fingerprint density at radius 3 is 1.21 bits per heavy atom. The molecule has 0 unspecified atom stereocenters. The van der Waals surface area contributed by atoms with Gasteiger partial charge in [0, 0.05) is 19.4 Å². The van der Waals surface area contributed by atoms with Gasteiger partial charge in [0.05, 0.1) is 48.6 Å². The van der Waals surface area contributed by atoms with Crippen LogP contribution in [0.1, 0.15) is 18.1 Å². The van der Waals surface area contributed by atoms with Crippen molar-refractivity contribution in [1.29, 1.82) is 5.26 Å². The molecule has 3 N–H and O–H groups in total. The summed E-state index contributed by atoms with van der Waals surface area (Å²) in [6.07, 6.45) is 3.01. The van der Waals surface area contributed by atoms with Crippen LogP contribution in [0.25, 0.3) is 0 Å². The molecule has 2 aromatic rings. The molecule has 0 aromatic heterocycles. The quantitative estimate of drug-likeness (QED) is 0.0907. The summed E-state index contributed by atoms with van der Waals surface area (Å²) in [7, 11) is 2.91. The van der Waals surface area contributed by atoms with Crippen LogP contribution in [0, 0.1) is 95.9 Å². The molecule has 2 aromatic carbocycles. The van der Waals surface area contributed by atoms with Crippen molar-refractivity contribution in [2.75, 3.05) is 27.3 Å². The fourth-order valence-corrected chi connectivity index (χ4v) is 2.03. The molecule has 0 spiro atoms. The summed E-state index contributed by atoms with van der Waals surface area (Å²) in [5.41, 5.74) is 0.931. The maximum atomic E-state index is 11.9. The summed E-state index contributed by atoms with van der Waals surface area (Å²) in [6, 6.07) is 11.8. The van der Waals surface area contributed by atoms with Gasteiger partial charge in [-0.3, -0.25) is 9.98 Å². The van der Waals surface area contributed by atoms with Gasteiger partial charge in [-0.1, -0.05) is 35.8 Å². The minimum atomic E-state index is -1.75. The first-order chi connectivity index (χ1) is 18.3. The summed E-state index contributed by atoms with van der Waals surface area (Å²) < 4.78 is 9.94. The van der Waals surface area contributed by atoms with Gasteiger partial charge in [0.25, 0.3) is 0 Å². The Kier molecular flexibility index (Phi) is 40.1. The van der Waals surface area contributed by atoms with Crippen LogP contribution in [0.3, 0.4) is 0 Å². The van der Waals surface area contributed by atoms with Crippen molar-refractivity contribution < 1.29 is 98.5 Å². The summed E-state index contributed by atoms with van der Waals surface area (Å²) >= 11 is 0. The number of rotatable bonds is 7. The van der Waals surface area contributed by atoms with E-state index in [-0.39, 0.29) is 86.6 Å². The summed E-state index contributed by atoms with van der Waals surface area (Å²) in [4.78, 5) is 33.1. The van der Waals surface area contributed by atoms with Crippen molar-refractivity contribution >= 4 is 12.4 Å². The standard InChI is InChI=1S/C18H20N2O4.C2H3N.3NO3.H2O.Tb.Zn/c1-23-15-7-3-5-13(17(15)21)11-19-9-10-20-12-14-6-4-8-16(24-2)18(14)22;1-2-3;3*2-1(3)4;;;/h3-8,11-12,21-22H,9-10H2,1-2H3;1H3;;;;1H2;;/q;;3*-1;;+3;+2/p-1. The average molecular weight is 797 g/mol. The third kappa shape index (κ3) is 32.2. The van der Waals surface area contributed by atoms with E-state index in [0.717, 1.165) is 0 Å². The third-order valence-corrected chi connectivity index (χ3v) is 3.28. The number of para-hydroxylation sites is 2. The molecule has 42 heavy (non-hydrogen) atoms. The van der Waals surface area contributed by atoms with Gasteiger partial charge in [0.15, 0.2) is 0 Å². The fourth-order valence-electron chi connectivity index (χ4n) is 2.03. The Hall–Kier alpha value is -4.06. The van der Waals surface area contributed by atoms with E-state index >= 15 is 0 Å². The monoisotopic (exact) mass is 795 g/mol. The molecule has 20 nitrogen and oxygen atoms in total. The van der Waals surface area contributed by atoms with Crippen molar-refractivity contribution in [3.05, 3.63) is 93.5 Å². The summed E-state index contributed by atoms with van der Waals surface area (Å²) in [6.45, 7) is 2.25. The second kappa shape index (κ2) is 33.1. The van der Waals surface area contributed by atoms with Gasteiger partial charge in [0.1, 0.15) is 11.5 Å². The fraction of sp³-hybridized carbons (Fsp3) is 0.250. The molecule has 0 amide bonds. The average Bonchev–Trinajstić information content (AvgIpc) is 2.82. The number of benzene rings is 2.